The highest BCUT2D eigenvalue weighted by Gasteiger charge is 2.18. The minimum absolute atomic E-state index is 0.412. The van der Waals surface area contributed by atoms with Crippen molar-refractivity contribution in [3.05, 3.63) is 29.3 Å². The quantitative estimate of drug-likeness (QED) is 0.842. The summed E-state index contributed by atoms with van der Waals surface area (Å²) in [5.74, 6) is 0.862. The molecule has 0 heterocycles. The molecule has 18 heavy (non-hydrogen) atoms. The predicted octanol–water partition coefficient (Wildman–Crippen LogP) is 3.21. The van der Waals surface area contributed by atoms with Crippen molar-refractivity contribution in [1.29, 1.82) is 0 Å². The largest absolute Gasteiger partial charge is 0.494 e. The normalized spacial score (nSPS) is 17.3. The third-order valence-electron chi connectivity index (χ3n) is 3.39. The molecule has 0 radical (unpaired) electrons. The maximum atomic E-state index is 9.62. The first-order valence-electron chi connectivity index (χ1n) is 6.76. The SMILES string of the molecule is CCOc1ccc(C(C)O)cc1COC1CCC1. The van der Waals surface area contributed by atoms with Gasteiger partial charge in [0.15, 0.2) is 0 Å². The molecule has 1 atom stereocenters. The molecule has 1 N–H and O–H groups in total. The van der Waals surface area contributed by atoms with Crippen molar-refractivity contribution >= 4 is 0 Å². The lowest BCUT2D eigenvalue weighted by atomic mass is 9.96. The third-order valence-corrected chi connectivity index (χ3v) is 3.39. The lowest BCUT2D eigenvalue weighted by molar-refractivity contribution is -0.00952. The lowest BCUT2D eigenvalue weighted by Crippen LogP contribution is -2.21. The fourth-order valence-corrected chi connectivity index (χ4v) is 2.01. The third kappa shape index (κ3) is 3.24. The summed E-state index contributed by atoms with van der Waals surface area (Å²) in [6.07, 6.45) is 3.56. The van der Waals surface area contributed by atoms with E-state index in [2.05, 4.69) is 0 Å². The predicted molar refractivity (Wildman–Crippen MR) is 70.7 cm³/mol. The van der Waals surface area contributed by atoms with E-state index in [0.717, 1.165) is 16.9 Å². The molecule has 2 rings (SSSR count). The van der Waals surface area contributed by atoms with Crippen LogP contribution in [0.5, 0.6) is 5.75 Å². The molecule has 3 nitrogen and oxygen atoms in total. The Morgan fingerprint density at radius 3 is 2.72 bits per heavy atom. The van der Waals surface area contributed by atoms with Gasteiger partial charge in [-0.15, -0.1) is 0 Å². The summed E-state index contributed by atoms with van der Waals surface area (Å²) in [6.45, 7) is 4.95. The van der Waals surface area contributed by atoms with Gasteiger partial charge in [0.1, 0.15) is 5.75 Å². The summed E-state index contributed by atoms with van der Waals surface area (Å²) in [6, 6.07) is 5.81. The first-order chi connectivity index (χ1) is 8.70. The summed E-state index contributed by atoms with van der Waals surface area (Å²) in [7, 11) is 0. The number of aliphatic hydroxyl groups excluding tert-OH is 1. The van der Waals surface area contributed by atoms with Crippen molar-refractivity contribution in [2.24, 2.45) is 0 Å². The molecule has 1 aromatic rings. The fourth-order valence-electron chi connectivity index (χ4n) is 2.01. The van der Waals surface area contributed by atoms with Crippen molar-refractivity contribution in [3.63, 3.8) is 0 Å². The van der Waals surface area contributed by atoms with Gasteiger partial charge in [-0.1, -0.05) is 6.07 Å². The van der Waals surface area contributed by atoms with E-state index >= 15 is 0 Å². The number of ether oxygens (including phenoxy) is 2. The minimum Gasteiger partial charge on any atom is -0.494 e. The van der Waals surface area contributed by atoms with Crippen LogP contribution in [0, 0.1) is 0 Å². The molecule has 3 heteroatoms. The number of hydrogen-bond donors (Lipinski definition) is 1. The van der Waals surface area contributed by atoms with Gasteiger partial charge < -0.3 is 14.6 Å². The Labute approximate surface area is 109 Å². The second kappa shape index (κ2) is 6.21. The fraction of sp³-hybridized carbons (Fsp3) is 0.600. The van der Waals surface area contributed by atoms with Crippen LogP contribution in [0.1, 0.15) is 50.3 Å². The van der Waals surface area contributed by atoms with Crippen molar-refractivity contribution in [3.8, 4) is 5.75 Å². The zero-order valence-electron chi connectivity index (χ0n) is 11.2. The Balaban J connectivity index is 2.08. The molecule has 1 saturated carbocycles. The minimum atomic E-state index is -0.455. The molecule has 1 fully saturated rings. The summed E-state index contributed by atoms with van der Waals surface area (Å²) in [5.41, 5.74) is 1.94. The summed E-state index contributed by atoms with van der Waals surface area (Å²) in [4.78, 5) is 0. The Hall–Kier alpha value is -1.06. The van der Waals surface area contributed by atoms with Crippen molar-refractivity contribution in [2.45, 2.75) is 51.9 Å². The second-order valence-electron chi connectivity index (χ2n) is 4.84. The van der Waals surface area contributed by atoms with Gasteiger partial charge in [-0.25, -0.2) is 0 Å². The van der Waals surface area contributed by atoms with Gasteiger partial charge in [-0.3, -0.25) is 0 Å². The van der Waals surface area contributed by atoms with Gasteiger partial charge in [0.25, 0.3) is 0 Å². The molecule has 0 aliphatic heterocycles. The number of hydrogen-bond acceptors (Lipinski definition) is 3. The number of benzene rings is 1. The van der Waals surface area contributed by atoms with Crippen molar-refractivity contribution < 1.29 is 14.6 Å². The van der Waals surface area contributed by atoms with Crippen LogP contribution in [0.25, 0.3) is 0 Å². The van der Waals surface area contributed by atoms with E-state index in [-0.39, 0.29) is 0 Å². The molecular formula is C15H22O3. The maximum Gasteiger partial charge on any atom is 0.124 e. The van der Waals surface area contributed by atoms with Crippen LogP contribution in [0.2, 0.25) is 0 Å². The molecule has 0 spiro atoms. The zero-order chi connectivity index (χ0) is 13.0. The summed E-state index contributed by atoms with van der Waals surface area (Å²) < 4.78 is 11.4. The zero-order valence-corrected chi connectivity index (χ0v) is 11.2. The molecule has 0 amide bonds. The van der Waals surface area contributed by atoms with Gasteiger partial charge in [-0.05, 0) is 50.8 Å². The molecule has 100 valence electrons. The Morgan fingerprint density at radius 2 is 2.17 bits per heavy atom. The number of rotatable bonds is 6. The molecule has 1 aliphatic rings. The Morgan fingerprint density at radius 1 is 1.39 bits per heavy atom. The van der Waals surface area contributed by atoms with Gasteiger partial charge in [-0.2, -0.15) is 0 Å². The molecule has 0 saturated heterocycles. The second-order valence-corrected chi connectivity index (χ2v) is 4.84. The van der Waals surface area contributed by atoms with Gasteiger partial charge in [0.05, 0.1) is 25.4 Å². The summed E-state index contributed by atoms with van der Waals surface area (Å²) in [5, 5.41) is 9.62. The highest BCUT2D eigenvalue weighted by atomic mass is 16.5. The van der Waals surface area contributed by atoms with Crippen LogP contribution in [-0.4, -0.2) is 17.8 Å². The van der Waals surface area contributed by atoms with Gasteiger partial charge in [0.2, 0.25) is 0 Å². The molecule has 1 aromatic carbocycles. The van der Waals surface area contributed by atoms with E-state index in [0.29, 0.717) is 19.3 Å². The van der Waals surface area contributed by atoms with Crippen LogP contribution in [0.15, 0.2) is 18.2 Å². The Kier molecular flexibility index (Phi) is 4.61. The van der Waals surface area contributed by atoms with Crippen molar-refractivity contribution in [1.82, 2.24) is 0 Å². The van der Waals surface area contributed by atoms with Crippen LogP contribution in [0.4, 0.5) is 0 Å². The highest BCUT2D eigenvalue weighted by molar-refractivity contribution is 5.37. The standard InChI is InChI=1S/C15H22O3/c1-3-17-15-8-7-12(11(2)16)9-13(15)10-18-14-5-4-6-14/h7-9,11,14,16H,3-6,10H2,1-2H3. The molecular weight excluding hydrogens is 228 g/mol. The first-order valence-corrected chi connectivity index (χ1v) is 6.76. The van der Waals surface area contributed by atoms with Gasteiger partial charge in [0, 0.05) is 5.56 Å². The van der Waals surface area contributed by atoms with E-state index in [4.69, 9.17) is 9.47 Å². The maximum absolute atomic E-state index is 9.62. The van der Waals surface area contributed by atoms with Crippen LogP contribution >= 0.6 is 0 Å². The van der Waals surface area contributed by atoms with E-state index in [1.54, 1.807) is 6.92 Å². The molecule has 1 unspecified atom stereocenters. The Bertz CT molecular complexity index is 383. The van der Waals surface area contributed by atoms with Crippen LogP contribution in [0.3, 0.4) is 0 Å². The smallest absolute Gasteiger partial charge is 0.124 e. The monoisotopic (exact) mass is 250 g/mol. The van der Waals surface area contributed by atoms with E-state index < -0.39 is 6.10 Å². The summed E-state index contributed by atoms with van der Waals surface area (Å²) >= 11 is 0. The highest BCUT2D eigenvalue weighted by Crippen LogP contribution is 2.28. The molecule has 0 bridgehead atoms. The van der Waals surface area contributed by atoms with E-state index in [1.165, 1.54) is 19.3 Å². The topological polar surface area (TPSA) is 38.7 Å². The lowest BCUT2D eigenvalue weighted by Gasteiger charge is -2.26. The average molecular weight is 250 g/mol. The van der Waals surface area contributed by atoms with Crippen LogP contribution < -0.4 is 4.74 Å². The average Bonchev–Trinajstić information content (AvgIpc) is 2.29. The van der Waals surface area contributed by atoms with Gasteiger partial charge >= 0.3 is 0 Å². The molecule has 1 aliphatic carbocycles. The number of aliphatic hydroxyl groups is 1. The van der Waals surface area contributed by atoms with Crippen LogP contribution in [-0.2, 0) is 11.3 Å². The molecule has 0 aromatic heterocycles. The first kappa shape index (κ1) is 13.4. The van der Waals surface area contributed by atoms with E-state index in [1.807, 2.05) is 25.1 Å². The van der Waals surface area contributed by atoms with E-state index in [9.17, 15) is 5.11 Å². The van der Waals surface area contributed by atoms with Crippen molar-refractivity contribution in [2.75, 3.05) is 6.61 Å².